The number of piperidine rings is 1. The molecule has 1 saturated heterocycles. The van der Waals surface area contributed by atoms with Gasteiger partial charge in [0.25, 0.3) is 0 Å². The third kappa shape index (κ3) is 6.98. The molecule has 7 heteroatoms. The average Bonchev–Trinajstić information content (AvgIpc) is 2.87. The number of aryl methyl sites for hydroxylation is 1. The number of pyridine rings is 1. The van der Waals surface area contributed by atoms with Crippen LogP contribution < -0.4 is 4.74 Å². The number of hydrogen-bond acceptors (Lipinski definition) is 5. The summed E-state index contributed by atoms with van der Waals surface area (Å²) in [5.41, 5.74) is 2.63. The minimum atomic E-state index is -1.13. The highest BCUT2D eigenvalue weighted by Gasteiger charge is 2.31. The van der Waals surface area contributed by atoms with Crippen LogP contribution in [0.2, 0.25) is 0 Å². The molecule has 0 radical (unpaired) electrons. The van der Waals surface area contributed by atoms with Crippen molar-refractivity contribution in [1.29, 1.82) is 0 Å². The molecule has 1 N–H and O–H groups in total. The molecule has 0 spiro atoms. The molecule has 192 valence electrons. The standard InChI is InChI=1S/C29H35FN2O3S/c1-20-4-3-5-24(16-20)36-15-14-32-13-11-21(22(19-32)17-29(33)34)6-8-27(30)25-10-12-31-28-9-7-23(35-2)18-26(25)28/h3-5,7,9-10,12,16,18,21-22,27H,6,8,11,13-15,17,19H2,1-2H3,(H,33,34)/t21-,22+,27-/m1/s1. The van der Waals surface area contributed by atoms with Crippen molar-refractivity contribution < 1.29 is 19.0 Å². The van der Waals surface area contributed by atoms with Crippen LogP contribution in [0.25, 0.3) is 10.9 Å². The molecular formula is C29H35FN2O3S. The quantitative estimate of drug-likeness (QED) is 0.295. The number of fused-ring (bicyclic) bond motifs is 1. The van der Waals surface area contributed by atoms with Gasteiger partial charge >= 0.3 is 5.97 Å². The van der Waals surface area contributed by atoms with Crippen molar-refractivity contribution in [2.45, 2.75) is 43.7 Å². The van der Waals surface area contributed by atoms with E-state index in [0.717, 1.165) is 42.7 Å². The van der Waals surface area contributed by atoms with Crippen LogP contribution in [-0.2, 0) is 4.79 Å². The van der Waals surface area contributed by atoms with Gasteiger partial charge in [-0.25, -0.2) is 4.39 Å². The van der Waals surface area contributed by atoms with Crippen molar-refractivity contribution in [3.63, 3.8) is 0 Å². The smallest absolute Gasteiger partial charge is 0.303 e. The summed E-state index contributed by atoms with van der Waals surface area (Å²) in [6.07, 6.45) is 2.62. The highest BCUT2D eigenvalue weighted by molar-refractivity contribution is 7.99. The predicted molar refractivity (Wildman–Crippen MR) is 144 cm³/mol. The number of carboxylic acids is 1. The van der Waals surface area contributed by atoms with Crippen LogP contribution in [0.1, 0.15) is 43.0 Å². The zero-order valence-corrected chi connectivity index (χ0v) is 21.8. The van der Waals surface area contributed by atoms with Crippen LogP contribution in [0.3, 0.4) is 0 Å². The minimum Gasteiger partial charge on any atom is -0.497 e. The van der Waals surface area contributed by atoms with E-state index in [9.17, 15) is 9.90 Å². The second-order valence-electron chi connectivity index (χ2n) is 9.70. The molecule has 1 fully saturated rings. The van der Waals surface area contributed by atoms with Crippen molar-refractivity contribution >= 4 is 28.6 Å². The molecule has 4 rings (SSSR count). The van der Waals surface area contributed by atoms with E-state index < -0.39 is 12.1 Å². The number of ether oxygens (including phenoxy) is 1. The van der Waals surface area contributed by atoms with Gasteiger partial charge in [-0.3, -0.25) is 9.78 Å². The first-order valence-corrected chi connectivity index (χ1v) is 13.6. The van der Waals surface area contributed by atoms with Crippen molar-refractivity contribution in [3.8, 4) is 5.75 Å². The van der Waals surface area contributed by atoms with Crippen molar-refractivity contribution in [2.24, 2.45) is 11.8 Å². The van der Waals surface area contributed by atoms with Gasteiger partial charge in [-0.05, 0) is 86.5 Å². The molecule has 36 heavy (non-hydrogen) atoms. The van der Waals surface area contributed by atoms with Crippen LogP contribution in [0.4, 0.5) is 4.39 Å². The van der Waals surface area contributed by atoms with E-state index >= 15 is 4.39 Å². The van der Waals surface area contributed by atoms with Crippen LogP contribution in [-0.4, -0.2) is 53.5 Å². The Morgan fingerprint density at radius 2 is 2.11 bits per heavy atom. The van der Waals surface area contributed by atoms with Crippen molar-refractivity contribution in [1.82, 2.24) is 9.88 Å². The number of carbonyl (C=O) groups is 1. The largest absolute Gasteiger partial charge is 0.497 e. The Kier molecular flexibility index (Phi) is 9.21. The lowest BCUT2D eigenvalue weighted by molar-refractivity contribution is -0.139. The lowest BCUT2D eigenvalue weighted by Gasteiger charge is -2.38. The Bertz CT molecular complexity index is 1170. The molecular weight excluding hydrogens is 475 g/mol. The van der Waals surface area contributed by atoms with Crippen molar-refractivity contribution in [2.75, 3.05) is 32.5 Å². The van der Waals surface area contributed by atoms with E-state index in [1.165, 1.54) is 10.5 Å². The molecule has 0 aliphatic carbocycles. The summed E-state index contributed by atoms with van der Waals surface area (Å²) in [6.45, 7) is 4.72. The minimum absolute atomic E-state index is 0.0432. The number of nitrogens with zero attached hydrogens (tertiary/aromatic N) is 2. The van der Waals surface area contributed by atoms with Gasteiger partial charge in [0.2, 0.25) is 0 Å². The maximum atomic E-state index is 15.5. The molecule has 1 aliphatic heterocycles. The summed E-state index contributed by atoms with van der Waals surface area (Å²) in [5.74, 6) is 1.13. The third-order valence-electron chi connectivity index (χ3n) is 7.19. The number of carboxylic acid groups (broad SMARTS) is 1. The molecule has 3 atom stereocenters. The number of methoxy groups -OCH3 is 1. The van der Waals surface area contributed by atoms with Crippen LogP contribution in [0.15, 0.2) is 59.6 Å². The lowest BCUT2D eigenvalue weighted by atomic mass is 9.79. The van der Waals surface area contributed by atoms with E-state index in [4.69, 9.17) is 4.74 Å². The van der Waals surface area contributed by atoms with E-state index in [2.05, 4.69) is 41.1 Å². The first-order valence-electron chi connectivity index (χ1n) is 12.6. The van der Waals surface area contributed by atoms with Crippen LogP contribution >= 0.6 is 11.8 Å². The lowest BCUT2D eigenvalue weighted by Crippen LogP contribution is -2.42. The molecule has 1 aromatic heterocycles. The van der Waals surface area contributed by atoms with Crippen molar-refractivity contribution in [3.05, 3.63) is 65.9 Å². The number of halogens is 1. The summed E-state index contributed by atoms with van der Waals surface area (Å²) in [7, 11) is 1.60. The molecule has 2 aromatic carbocycles. The fourth-order valence-electron chi connectivity index (χ4n) is 5.26. The number of alkyl halides is 1. The highest BCUT2D eigenvalue weighted by Crippen LogP contribution is 2.36. The van der Waals surface area contributed by atoms with E-state index in [0.29, 0.717) is 24.2 Å². The SMILES string of the molecule is COc1ccc2nccc([C@H](F)CC[C@@H]3CCN(CCSc4cccc(C)c4)C[C@@H]3CC(=O)O)c2c1. The van der Waals surface area contributed by atoms with Gasteiger partial charge in [0.15, 0.2) is 0 Å². The number of thioether (sulfide) groups is 1. The Morgan fingerprint density at radius 3 is 2.89 bits per heavy atom. The zero-order valence-electron chi connectivity index (χ0n) is 21.0. The van der Waals surface area contributed by atoms with Gasteiger partial charge in [0, 0.05) is 41.7 Å². The number of aliphatic carboxylic acids is 1. The second kappa shape index (κ2) is 12.5. The number of benzene rings is 2. The number of rotatable bonds is 11. The summed E-state index contributed by atoms with van der Waals surface area (Å²) >= 11 is 1.84. The monoisotopic (exact) mass is 510 g/mol. The maximum absolute atomic E-state index is 15.5. The first-order chi connectivity index (χ1) is 17.4. The molecule has 0 bridgehead atoms. The van der Waals surface area contributed by atoms with Gasteiger partial charge in [-0.1, -0.05) is 17.7 Å². The summed E-state index contributed by atoms with van der Waals surface area (Å²) in [6, 6.07) is 15.8. The summed E-state index contributed by atoms with van der Waals surface area (Å²) in [5, 5.41) is 10.3. The van der Waals surface area contributed by atoms with Crippen LogP contribution in [0.5, 0.6) is 5.75 Å². The summed E-state index contributed by atoms with van der Waals surface area (Å²) < 4.78 is 20.8. The molecule has 0 saturated carbocycles. The number of aromatic nitrogens is 1. The number of likely N-dealkylation sites (tertiary alicyclic amines) is 1. The molecule has 1 aliphatic rings. The molecule has 2 heterocycles. The van der Waals surface area contributed by atoms with E-state index in [-0.39, 0.29) is 18.3 Å². The maximum Gasteiger partial charge on any atom is 0.303 e. The summed E-state index contributed by atoms with van der Waals surface area (Å²) in [4.78, 5) is 19.6. The van der Waals surface area contributed by atoms with Gasteiger partial charge in [-0.15, -0.1) is 11.8 Å². The predicted octanol–water partition coefficient (Wildman–Crippen LogP) is 6.55. The van der Waals surface area contributed by atoms with E-state index in [1.54, 1.807) is 19.4 Å². The molecule has 0 unspecified atom stereocenters. The fraction of sp³-hybridized carbons (Fsp3) is 0.448. The van der Waals surface area contributed by atoms with Gasteiger partial charge in [0.05, 0.1) is 12.6 Å². The van der Waals surface area contributed by atoms with Gasteiger partial charge in [-0.2, -0.15) is 0 Å². The molecule has 5 nitrogen and oxygen atoms in total. The van der Waals surface area contributed by atoms with E-state index in [1.807, 2.05) is 30.0 Å². The normalized spacial score (nSPS) is 19.3. The molecule has 3 aromatic rings. The number of hydrogen-bond donors (Lipinski definition) is 1. The Labute approximate surface area is 217 Å². The van der Waals surface area contributed by atoms with Gasteiger partial charge in [0.1, 0.15) is 11.9 Å². The van der Waals surface area contributed by atoms with Gasteiger partial charge < -0.3 is 14.7 Å². The Balaban J connectivity index is 1.34. The Morgan fingerprint density at radius 1 is 1.25 bits per heavy atom. The third-order valence-corrected chi connectivity index (χ3v) is 8.16. The Hall–Kier alpha value is -2.64. The molecule has 0 amide bonds. The second-order valence-corrected chi connectivity index (χ2v) is 10.9. The first kappa shape index (κ1) is 26.4. The highest BCUT2D eigenvalue weighted by atomic mass is 32.2. The topological polar surface area (TPSA) is 62.7 Å². The average molecular weight is 511 g/mol. The van der Waals surface area contributed by atoms with Crippen LogP contribution in [0, 0.1) is 18.8 Å². The zero-order chi connectivity index (χ0) is 25.5. The fourth-order valence-corrected chi connectivity index (χ4v) is 6.28.